The highest BCUT2D eigenvalue weighted by Gasteiger charge is 2.04. The molecule has 0 fully saturated rings. The Kier molecular flexibility index (Phi) is 4.66. The van der Waals surface area contributed by atoms with Gasteiger partial charge in [-0.15, -0.1) is 0 Å². The van der Waals surface area contributed by atoms with Gasteiger partial charge in [0.1, 0.15) is 11.6 Å². The van der Waals surface area contributed by atoms with E-state index < -0.39 is 0 Å². The summed E-state index contributed by atoms with van der Waals surface area (Å²) < 4.78 is 5.58. The van der Waals surface area contributed by atoms with Gasteiger partial charge in [0.05, 0.1) is 23.9 Å². The van der Waals surface area contributed by atoms with Crippen molar-refractivity contribution in [3.05, 3.63) is 71.9 Å². The number of aromatic nitrogens is 2. The Morgan fingerprint density at radius 2 is 1.93 bits per heavy atom. The van der Waals surface area contributed by atoms with Crippen molar-refractivity contribution >= 4 is 33.8 Å². The minimum Gasteiger partial charge on any atom is -0.494 e. The van der Waals surface area contributed by atoms with E-state index >= 15 is 0 Å². The van der Waals surface area contributed by atoms with Crippen molar-refractivity contribution in [1.82, 2.24) is 9.97 Å². The van der Waals surface area contributed by atoms with E-state index in [0.29, 0.717) is 12.4 Å². The van der Waals surface area contributed by atoms with Gasteiger partial charge in [-0.3, -0.25) is 10.4 Å². The summed E-state index contributed by atoms with van der Waals surface area (Å²) in [6, 6.07) is 17.9. The summed E-state index contributed by atoms with van der Waals surface area (Å²) in [6.45, 7) is 4.67. The largest absolute Gasteiger partial charge is 0.494 e. The predicted octanol–water partition coefficient (Wildman–Crippen LogP) is 4.94. The first-order chi connectivity index (χ1) is 13.2. The SMILES string of the molecule is CCOc1ccc2c(C)cc(NN=Cc3ccnc4ccccc34)nc2c1. The molecule has 0 saturated carbocycles. The van der Waals surface area contributed by atoms with Crippen molar-refractivity contribution in [2.45, 2.75) is 13.8 Å². The lowest BCUT2D eigenvalue weighted by atomic mass is 10.1. The van der Waals surface area contributed by atoms with Gasteiger partial charge in [-0.2, -0.15) is 5.10 Å². The van der Waals surface area contributed by atoms with Gasteiger partial charge in [0, 0.05) is 28.6 Å². The third kappa shape index (κ3) is 3.58. The number of fused-ring (bicyclic) bond motifs is 2. The molecule has 2 aromatic carbocycles. The van der Waals surface area contributed by atoms with E-state index in [1.54, 1.807) is 12.4 Å². The summed E-state index contributed by atoms with van der Waals surface area (Å²) in [7, 11) is 0. The lowest BCUT2D eigenvalue weighted by Crippen LogP contribution is -1.97. The second-order valence-electron chi connectivity index (χ2n) is 6.22. The maximum Gasteiger partial charge on any atom is 0.147 e. The van der Waals surface area contributed by atoms with Gasteiger partial charge in [-0.05, 0) is 49.7 Å². The fourth-order valence-electron chi connectivity index (χ4n) is 3.09. The molecule has 5 heteroatoms. The lowest BCUT2D eigenvalue weighted by molar-refractivity contribution is 0.340. The maximum atomic E-state index is 5.58. The molecule has 0 aliphatic carbocycles. The highest BCUT2D eigenvalue weighted by molar-refractivity contribution is 5.98. The summed E-state index contributed by atoms with van der Waals surface area (Å²) >= 11 is 0. The van der Waals surface area contributed by atoms with Crippen LogP contribution in [0.3, 0.4) is 0 Å². The minimum atomic E-state index is 0.632. The number of pyridine rings is 2. The number of aryl methyl sites for hydroxylation is 1. The molecule has 134 valence electrons. The average Bonchev–Trinajstić information content (AvgIpc) is 2.68. The highest BCUT2D eigenvalue weighted by Crippen LogP contribution is 2.24. The van der Waals surface area contributed by atoms with Crippen LogP contribution in [0.15, 0.2) is 65.9 Å². The van der Waals surface area contributed by atoms with E-state index in [4.69, 9.17) is 4.74 Å². The first-order valence-corrected chi connectivity index (χ1v) is 8.91. The fourth-order valence-corrected chi connectivity index (χ4v) is 3.09. The third-order valence-electron chi connectivity index (χ3n) is 4.36. The Bertz CT molecular complexity index is 1130. The number of hydrogen-bond donors (Lipinski definition) is 1. The standard InChI is InChI=1S/C22H20N4O/c1-3-27-17-8-9-18-15(2)12-22(25-21(18)13-17)26-24-14-16-10-11-23-20-7-5-4-6-19(16)20/h4-14H,3H2,1-2H3,(H,25,26). The monoisotopic (exact) mass is 356 g/mol. The number of nitrogens with one attached hydrogen (secondary N) is 1. The number of rotatable bonds is 5. The molecule has 0 radical (unpaired) electrons. The van der Waals surface area contributed by atoms with Crippen LogP contribution in [-0.4, -0.2) is 22.8 Å². The normalized spacial score (nSPS) is 11.3. The average molecular weight is 356 g/mol. The summed E-state index contributed by atoms with van der Waals surface area (Å²) in [6.07, 6.45) is 3.58. The molecule has 0 spiro atoms. The summed E-state index contributed by atoms with van der Waals surface area (Å²) in [4.78, 5) is 9.03. The Hall–Kier alpha value is -3.47. The summed E-state index contributed by atoms with van der Waals surface area (Å²) in [5.74, 6) is 1.52. The minimum absolute atomic E-state index is 0.632. The zero-order valence-electron chi connectivity index (χ0n) is 15.3. The van der Waals surface area contributed by atoms with Gasteiger partial charge in [-0.25, -0.2) is 4.98 Å². The van der Waals surface area contributed by atoms with Crippen molar-refractivity contribution in [1.29, 1.82) is 0 Å². The maximum absolute atomic E-state index is 5.58. The van der Waals surface area contributed by atoms with E-state index in [2.05, 4.69) is 27.4 Å². The van der Waals surface area contributed by atoms with Crippen LogP contribution in [0, 0.1) is 6.92 Å². The van der Waals surface area contributed by atoms with Gasteiger partial charge in [0.2, 0.25) is 0 Å². The first-order valence-electron chi connectivity index (χ1n) is 8.91. The lowest BCUT2D eigenvalue weighted by Gasteiger charge is -2.08. The van der Waals surface area contributed by atoms with Crippen molar-refractivity contribution in [3.63, 3.8) is 0 Å². The molecular weight excluding hydrogens is 336 g/mol. The van der Waals surface area contributed by atoms with Crippen LogP contribution in [0.5, 0.6) is 5.75 Å². The Balaban J connectivity index is 1.62. The van der Waals surface area contributed by atoms with E-state index in [1.807, 2.05) is 61.5 Å². The number of nitrogens with zero attached hydrogens (tertiary/aromatic N) is 3. The molecule has 1 N–H and O–H groups in total. The number of hydrazone groups is 1. The summed E-state index contributed by atoms with van der Waals surface area (Å²) in [5, 5.41) is 6.54. The molecule has 0 atom stereocenters. The molecule has 0 aliphatic heterocycles. The number of ether oxygens (including phenoxy) is 1. The van der Waals surface area contributed by atoms with E-state index in [1.165, 1.54) is 0 Å². The Labute approximate surface area is 157 Å². The van der Waals surface area contributed by atoms with Crippen LogP contribution in [0.4, 0.5) is 5.82 Å². The van der Waals surface area contributed by atoms with Crippen LogP contribution in [0.1, 0.15) is 18.1 Å². The molecule has 4 rings (SSSR count). The molecule has 5 nitrogen and oxygen atoms in total. The molecule has 0 saturated heterocycles. The molecule has 4 aromatic rings. The Morgan fingerprint density at radius 1 is 1.04 bits per heavy atom. The van der Waals surface area contributed by atoms with E-state index in [0.717, 1.165) is 38.7 Å². The highest BCUT2D eigenvalue weighted by atomic mass is 16.5. The summed E-state index contributed by atoms with van der Waals surface area (Å²) in [5.41, 5.74) is 7.01. The molecule has 27 heavy (non-hydrogen) atoms. The molecule has 2 aromatic heterocycles. The van der Waals surface area contributed by atoms with Crippen LogP contribution in [0.2, 0.25) is 0 Å². The quantitative estimate of drug-likeness (QED) is 0.407. The van der Waals surface area contributed by atoms with Crippen molar-refractivity contribution in [2.24, 2.45) is 5.10 Å². The molecular formula is C22H20N4O. The zero-order chi connectivity index (χ0) is 18.6. The molecule has 0 bridgehead atoms. The molecule has 0 amide bonds. The Morgan fingerprint density at radius 3 is 2.81 bits per heavy atom. The van der Waals surface area contributed by atoms with Gasteiger partial charge >= 0.3 is 0 Å². The van der Waals surface area contributed by atoms with Crippen LogP contribution >= 0.6 is 0 Å². The predicted molar refractivity (Wildman–Crippen MR) is 111 cm³/mol. The van der Waals surface area contributed by atoms with E-state index in [-0.39, 0.29) is 0 Å². The van der Waals surface area contributed by atoms with Crippen LogP contribution in [-0.2, 0) is 0 Å². The van der Waals surface area contributed by atoms with Crippen LogP contribution in [0.25, 0.3) is 21.8 Å². The number of anilines is 1. The van der Waals surface area contributed by atoms with Crippen molar-refractivity contribution < 1.29 is 4.74 Å². The molecule has 0 unspecified atom stereocenters. The number of benzene rings is 2. The van der Waals surface area contributed by atoms with E-state index in [9.17, 15) is 0 Å². The fraction of sp³-hybridized carbons (Fsp3) is 0.136. The topological polar surface area (TPSA) is 59.4 Å². The number of hydrogen-bond acceptors (Lipinski definition) is 5. The van der Waals surface area contributed by atoms with Gasteiger partial charge in [0.15, 0.2) is 0 Å². The van der Waals surface area contributed by atoms with Gasteiger partial charge in [0.25, 0.3) is 0 Å². The van der Waals surface area contributed by atoms with Crippen molar-refractivity contribution in [3.8, 4) is 5.75 Å². The smallest absolute Gasteiger partial charge is 0.147 e. The van der Waals surface area contributed by atoms with Crippen LogP contribution < -0.4 is 10.2 Å². The van der Waals surface area contributed by atoms with Gasteiger partial charge < -0.3 is 4.74 Å². The second kappa shape index (κ2) is 7.41. The second-order valence-corrected chi connectivity index (χ2v) is 6.22. The molecule has 2 heterocycles. The molecule has 0 aliphatic rings. The first kappa shape index (κ1) is 17.0. The zero-order valence-corrected chi connectivity index (χ0v) is 15.3. The van der Waals surface area contributed by atoms with Gasteiger partial charge in [-0.1, -0.05) is 18.2 Å². The number of para-hydroxylation sites is 1. The van der Waals surface area contributed by atoms with Crippen molar-refractivity contribution in [2.75, 3.05) is 12.0 Å². The third-order valence-corrected chi connectivity index (χ3v) is 4.36.